The molecule has 2 atom stereocenters. The number of carbonyl (C=O) groups is 3. The molecule has 0 radical (unpaired) electrons. The maximum atomic E-state index is 11.3. The van der Waals surface area contributed by atoms with E-state index in [4.69, 9.17) is 17.0 Å². The molecule has 0 aliphatic heterocycles. The Hall–Kier alpha value is -0.940. The van der Waals surface area contributed by atoms with E-state index in [1.54, 1.807) is 6.92 Å². The number of carboxylic acids is 1. The molecule has 2 unspecified atom stereocenters. The second-order valence-corrected chi connectivity index (χ2v) is 3.91. The zero-order valence-electron chi connectivity index (χ0n) is 9.23. The number of ketones is 2. The molecular formula is C10H15ClO5. The van der Waals surface area contributed by atoms with Gasteiger partial charge in [0.15, 0.2) is 5.78 Å². The van der Waals surface area contributed by atoms with E-state index in [0.29, 0.717) is 0 Å². The Labute approximate surface area is 98.9 Å². The van der Waals surface area contributed by atoms with Crippen LogP contribution in [0.25, 0.3) is 0 Å². The number of aliphatic carboxylic acids is 1. The molecular weight excluding hydrogens is 236 g/mol. The lowest BCUT2D eigenvalue weighted by Gasteiger charge is -2.17. The van der Waals surface area contributed by atoms with Gasteiger partial charge in [-0.25, -0.2) is 0 Å². The molecule has 0 aliphatic carbocycles. The summed E-state index contributed by atoms with van der Waals surface area (Å²) >= 11 is 5.14. The Morgan fingerprint density at radius 3 is 2.25 bits per heavy atom. The van der Waals surface area contributed by atoms with Gasteiger partial charge in [0.05, 0.1) is 18.3 Å². The largest absolute Gasteiger partial charge is 0.481 e. The summed E-state index contributed by atoms with van der Waals surface area (Å²) in [6.45, 7) is 2.98. The maximum absolute atomic E-state index is 11.3. The van der Waals surface area contributed by atoms with E-state index in [9.17, 15) is 14.4 Å². The minimum Gasteiger partial charge on any atom is -0.481 e. The summed E-state index contributed by atoms with van der Waals surface area (Å²) in [7, 11) is 0. The van der Waals surface area contributed by atoms with Crippen LogP contribution < -0.4 is 0 Å². The molecule has 0 rings (SSSR count). The third-order valence-corrected chi connectivity index (χ3v) is 2.37. The molecule has 16 heavy (non-hydrogen) atoms. The van der Waals surface area contributed by atoms with E-state index in [1.165, 1.54) is 6.92 Å². The van der Waals surface area contributed by atoms with Gasteiger partial charge in [-0.3, -0.25) is 18.7 Å². The lowest BCUT2D eigenvalue weighted by Crippen LogP contribution is -2.28. The first-order valence-corrected chi connectivity index (χ1v) is 5.20. The summed E-state index contributed by atoms with van der Waals surface area (Å²) in [5, 5.41) is 8.39. The number of Topliss-reactive ketones (excluding diaryl/α,β-unsaturated/α-hetero) is 2. The van der Waals surface area contributed by atoms with Gasteiger partial charge in [-0.2, -0.15) is 0 Å². The Kier molecular flexibility index (Phi) is 6.92. The van der Waals surface area contributed by atoms with Crippen molar-refractivity contribution in [2.75, 3.05) is 0 Å². The van der Waals surface area contributed by atoms with Crippen LogP contribution in [0.2, 0.25) is 0 Å². The van der Waals surface area contributed by atoms with Crippen molar-refractivity contribution in [2.45, 2.75) is 39.2 Å². The smallest absolute Gasteiger partial charge is 0.303 e. The maximum Gasteiger partial charge on any atom is 0.303 e. The van der Waals surface area contributed by atoms with Crippen LogP contribution in [0, 0.1) is 5.92 Å². The molecule has 0 aromatic carbocycles. The molecule has 6 heteroatoms. The van der Waals surface area contributed by atoms with Crippen molar-refractivity contribution in [1.82, 2.24) is 0 Å². The molecule has 0 fully saturated rings. The summed E-state index contributed by atoms with van der Waals surface area (Å²) in [5.74, 6) is -1.84. The van der Waals surface area contributed by atoms with Crippen LogP contribution in [0.15, 0.2) is 0 Å². The van der Waals surface area contributed by atoms with Crippen molar-refractivity contribution in [2.24, 2.45) is 5.92 Å². The van der Waals surface area contributed by atoms with Crippen molar-refractivity contribution < 1.29 is 23.8 Å². The summed E-state index contributed by atoms with van der Waals surface area (Å²) < 4.78 is 4.45. The third kappa shape index (κ3) is 5.82. The van der Waals surface area contributed by atoms with Crippen LogP contribution in [-0.4, -0.2) is 28.7 Å². The van der Waals surface area contributed by atoms with Crippen LogP contribution in [0.3, 0.4) is 0 Å². The number of carbonyl (C=O) groups excluding carboxylic acids is 2. The fraction of sp³-hybridized carbons (Fsp3) is 0.700. The first kappa shape index (κ1) is 15.1. The second-order valence-electron chi connectivity index (χ2n) is 3.73. The Morgan fingerprint density at radius 2 is 1.88 bits per heavy atom. The van der Waals surface area contributed by atoms with Crippen LogP contribution >= 0.6 is 11.9 Å². The van der Waals surface area contributed by atoms with Gasteiger partial charge in [0, 0.05) is 12.8 Å². The van der Waals surface area contributed by atoms with Crippen LogP contribution in [0.1, 0.15) is 33.1 Å². The predicted octanol–water partition coefficient (Wildman–Crippen LogP) is 1.57. The number of hydrogen-bond acceptors (Lipinski definition) is 4. The van der Waals surface area contributed by atoms with Crippen molar-refractivity contribution in [1.29, 1.82) is 0 Å². The standard InChI is InChI=1S/C10H15ClO5/c1-6(10(16-11)7(2)12)5-8(13)3-4-9(14)15/h6,10H,3-5H2,1-2H3,(H,14,15). The number of carboxylic acid groups (broad SMARTS) is 1. The molecule has 0 bridgehead atoms. The minimum absolute atomic E-state index is 0.0351. The van der Waals surface area contributed by atoms with E-state index in [1.807, 2.05) is 0 Å². The summed E-state index contributed by atoms with van der Waals surface area (Å²) in [6.07, 6.45) is -0.968. The van der Waals surface area contributed by atoms with E-state index >= 15 is 0 Å². The van der Waals surface area contributed by atoms with Crippen molar-refractivity contribution >= 4 is 29.4 Å². The fourth-order valence-electron chi connectivity index (χ4n) is 1.37. The molecule has 1 N–H and O–H groups in total. The van der Waals surface area contributed by atoms with Gasteiger partial charge in [-0.15, -0.1) is 0 Å². The molecule has 0 saturated carbocycles. The first-order valence-electron chi connectivity index (χ1n) is 4.89. The zero-order valence-corrected chi connectivity index (χ0v) is 9.99. The van der Waals surface area contributed by atoms with E-state index in [0.717, 1.165) is 0 Å². The molecule has 0 aliphatic rings. The number of rotatable bonds is 8. The average molecular weight is 251 g/mol. The summed E-state index contributed by atoms with van der Waals surface area (Å²) in [5.41, 5.74) is 0. The average Bonchev–Trinajstić information content (AvgIpc) is 2.15. The monoisotopic (exact) mass is 250 g/mol. The Morgan fingerprint density at radius 1 is 1.31 bits per heavy atom. The second kappa shape index (κ2) is 7.35. The third-order valence-electron chi connectivity index (χ3n) is 2.18. The van der Waals surface area contributed by atoms with Gasteiger partial charge < -0.3 is 5.11 Å². The van der Waals surface area contributed by atoms with Gasteiger partial charge in [0.2, 0.25) is 0 Å². The highest BCUT2D eigenvalue weighted by molar-refractivity contribution is 6.08. The van der Waals surface area contributed by atoms with Gasteiger partial charge in [0.1, 0.15) is 11.9 Å². The van der Waals surface area contributed by atoms with E-state index in [-0.39, 0.29) is 36.7 Å². The lowest BCUT2D eigenvalue weighted by atomic mass is 9.94. The quantitative estimate of drug-likeness (QED) is 0.707. The molecule has 0 heterocycles. The molecule has 0 spiro atoms. The summed E-state index contributed by atoms with van der Waals surface area (Å²) in [6, 6.07) is 0. The van der Waals surface area contributed by atoms with Gasteiger partial charge in [-0.05, 0) is 12.8 Å². The molecule has 0 aromatic heterocycles. The SMILES string of the molecule is CC(=O)C(OCl)C(C)CC(=O)CCC(=O)O. The van der Waals surface area contributed by atoms with Gasteiger partial charge in [-0.1, -0.05) is 6.92 Å². The predicted molar refractivity (Wildman–Crippen MR) is 57.1 cm³/mol. The highest BCUT2D eigenvalue weighted by Crippen LogP contribution is 2.16. The molecule has 92 valence electrons. The normalized spacial score (nSPS) is 14.2. The molecule has 0 amide bonds. The minimum atomic E-state index is -1.02. The highest BCUT2D eigenvalue weighted by Gasteiger charge is 2.24. The Balaban J connectivity index is 4.11. The topological polar surface area (TPSA) is 80.7 Å². The van der Waals surface area contributed by atoms with Crippen molar-refractivity contribution in [3.63, 3.8) is 0 Å². The van der Waals surface area contributed by atoms with Gasteiger partial charge in [0.25, 0.3) is 0 Å². The van der Waals surface area contributed by atoms with E-state index < -0.39 is 12.1 Å². The van der Waals surface area contributed by atoms with E-state index in [2.05, 4.69) is 4.29 Å². The lowest BCUT2D eigenvalue weighted by molar-refractivity contribution is -0.139. The van der Waals surface area contributed by atoms with Crippen LogP contribution in [0.5, 0.6) is 0 Å². The van der Waals surface area contributed by atoms with Crippen LogP contribution in [-0.2, 0) is 18.7 Å². The molecule has 5 nitrogen and oxygen atoms in total. The van der Waals surface area contributed by atoms with Crippen molar-refractivity contribution in [3.05, 3.63) is 0 Å². The first-order chi connectivity index (χ1) is 7.38. The molecule has 0 aromatic rings. The molecule has 0 saturated heterocycles. The fourth-order valence-corrected chi connectivity index (χ4v) is 1.67. The highest BCUT2D eigenvalue weighted by atomic mass is 35.5. The van der Waals surface area contributed by atoms with Gasteiger partial charge >= 0.3 is 5.97 Å². The van der Waals surface area contributed by atoms with Crippen LogP contribution in [0.4, 0.5) is 0 Å². The summed E-state index contributed by atoms with van der Waals surface area (Å²) in [4.78, 5) is 32.6. The Bertz CT molecular complexity index is 276. The number of hydrogen-bond donors (Lipinski definition) is 1. The van der Waals surface area contributed by atoms with Crippen molar-refractivity contribution in [3.8, 4) is 0 Å². The number of halogens is 1. The zero-order chi connectivity index (χ0) is 12.7.